The molecule has 180 valence electrons. The molecule has 1 N–H and O–H groups in total. The summed E-state index contributed by atoms with van der Waals surface area (Å²) in [6.45, 7) is 4.23. The van der Waals surface area contributed by atoms with E-state index in [0.717, 1.165) is 57.8 Å². The number of ether oxygens (including phenoxy) is 1. The van der Waals surface area contributed by atoms with Gasteiger partial charge in [0.1, 0.15) is 34.7 Å². The Balaban J connectivity index is 1.02. The molecule has 1 aliphatic rings. The van der Waals surface area contributed by atoms with Crippen LogP contribution in [0.5, 0.6) is 5.75 Å². The molecule has 3 aromatic heterocycles. The van der Waals surface area contributed by atoms with Gasteiger partial charge in [0.15, 0.2) is 5.58 Å². The van der Waals surface area contributed by atoms with Crippen molar-refractivity contribution in [2.45, 2.75) is 6.10 Å². The molecule has 35 heavy (non-hydrogen) atoms. The summed E-state index contributed by atoms with van der Waals surface area (Å²) < 4.78 is 26.8. The number of aliphatic hydroxyl groups is 1. The van der Waals surface area contributed by atoms with Gasteiger partial charge in [-0.1, -0.05) is 17.3 Å². The first-order chi connectivity index (χ1) is 17.1. The van der Waals surface area contributed by atoms with Crippen molar-refractivity contribution in [2.75, 3.05) is 44.2 Å². The number of hydrogen-bond donors (Lipinski definition) is 1. The molecule has 0 saturated carbocycles. The van der Waals surface area contributed by atoms with E-state index >= 15 is 0 Å². The van der Waals surface area contributed by atoms with Crippen LogP contribution in [-0.2, 0) is 0 Å². The van der Waals surface area contributed by atoms with Crippen LogP contribution in [0.2, 0.25) is 0 Å². The summed E-state index contributed by atoms with van der Waals surface area (Å²) >= 11 is 3.18. The summed E-state index contributed by atoms with van der Waals surface area (Å²) in [6, 6.07) is 14.6. The highest BCUT2D eigenvalue weighted by Gasteiger charge is 2.22. The molecule has 0 amide bonds. The molecule has 5 aromatic rings. The van der Waals surface area contributed by atoms with Gasteiger partial charge < -0.3 is 19.3 Å². The summed E-state index contributed by atoms with van der Waals surface area (Å²) in [7, 11) is 0. The van der Waals surface area contributed by atoms with Crippen LogP contribution >= 0.6 is 22.7 Å². The highest BCUT2D eigenvalue weighted by atomic mass is 32.1. The zero-order chi connectivity index (χ0) is 23.8. The van der Waals surface area contributed by atoms with Crippen molar-refractivity contribution in [2.24, 2.45) is 0 Å². The Bertz CT molecular complexity index is 1450. The molecule has 0 radical (unpaired) electrons. The molecular weight excluding hydrogens is 485 g/mol. The first-order valence-electron chi connectivity index (χ1n) is 11.5. The van der Waals surface area contributed by atoms with Crippen LogP contribution in [0.4, 0.5) is 10.1 Å². The number of anilines is 1. The molecule has 6 nitrogen and oxygen atoms in total. The average Bonchev–Trinajstić information content (AvgIpc) is 3.59. The van der Waals surface area contributed by atoms with Gasteiger partial charge in [-0.25, -0.2) is 4.39 Å². The molecule has 1 atom stereocenters. The van der Waals surface area contributed by atoms with Gasteiger partial charge in [-0.2, -0.15) is 0 Å². The topological polar surface area (TPSA) is 62.0 Å². The Kier molecular flexibility index (Phi) is 6.15. The van der Waals surface area contributed by atoms with Gasteiger partial charge in [0.2, 0.25) is 0 Å². The van der Waals surface area contributed by atoms with E-state index in [1.165, 1.54) is 11.8 Å². The van der Waals surface area contributed by atoms with Crippen molar-refractivity contribution in [1.29, 1.82) is 0 Å². The number of β-amino-alcohol motifs (C(OH)–C–C–N with tert-alkyl or cyclic N) is 1. The van der Waals surface area contributed by atoms with Gasteiger partial charge in [-0.15, -0.1) is 22.7 Å². The minimum atomic E-state index is -0.591. The molecule has 0 spiro atoms. The maximum absolute atomic E-state index is 13.5. The molecule has 1 aliphatic heterocycles. The van der Waals surface area contributed by atoms with Crippen LogP contribution < -0.4 is 9.64 Å². The van der Waals surface area contributed by atoms with E-state index in [4.69, 9.17) is 9.26 Å². The van der Waals surface area contributed by atoms with Crippen LogP contribution in [-0.4, -0.2) is 60.6 Å². The molecule has 0 bridgehead atoms. The van der Waals surface area contributed by atoms with Gasteiger partial charge in [0, 0.05) is 53.8 Å². The van der Waals surface area contributed by atoms with Crippen LogP contribution in [0, 0.1) is 5.82 Å². The van der Waals surface area contributed by atoms with Gasteiger partial charge in [0.05, 0.1) is 5.69 Å². The second-order valence-corrected chi connectivity index (χ2v) is 10.5. The Labute approximate surface area is 209 Å². The van der Waals surface area contributed by atoms with Gasteiger partial charge >= 0.3 is 0 Å². The molecule has 0 unspecified atom stereocenters. The lowest BCUT2D eigenvalue weighted by Gasteiger charge is -2.36. The number of fused-ring (bicyclic) bond motifs is 2. The first-order valence-corrected chi connectivity index (χ1v) is 13.3. The van der Waals surface area contributed by atoms with Gasteiger partial charge in [-0.05, 0) is 41.8 Å². The predicted octanol–water partition coefficient (Wildman–Crippen LogP) is 5.47. The van der Waals surface area contributed by atoms with E-state index in [1.807, 2.05) is 41.8 Å². The Morgan fingerprint density at radius 3 is 2.86 bits per heavy atom. The van der Waals surface area contributed by atoms with E-state index in [9.17, 15) is 9.50 Å². The van der Waals surface area contributed by atoms with E-state index in [1.54, 1.807) is 28.7 Å². The van der Waals surface area contributed by atoms with E-state index in [2.05, 4.69) is 20.3 Å². The van der Waals surface area contributed by atoms with Crippen molar-refractivity contribution in [3.8, 4) is 17.0 Å². The number of aliphatic hydroxyl groups excluding tert-OH is 1. The molecule has 1 saturated heterocycles. The number of aromatic nitrogens is 1. The van der Waals surface area contributed by atoms with E-state index in [-0.39, 0.29) is 12.4 Å². The number of nitrogens with zero attached hydrogens (tertiary/aromatic N) is 3. The lowest BCUT2D eigenvalue weighted by Crippen LogP contribution is -2.49. The molecule has 6 rings (SSSR count). The molecule has 1 fully saturated rings. The fourth-order valence-electron chi connectivity index (χ4n) is 4.54. The van der Waals surface area contributed by atoms with Gasteiger partial charge in [-0.3, -0.25) is 4.90 Å². The quantitative estimate of drug-likeness (QED) is 0.314. The zero-order valence-electron chi connectivity index (χ0n) is 18.9. The largest absolute Gasteiger partial charge is 0.491 e. The van der Waals surface area contributed by atoms with Crippen molar-refractivity contribution >= 4 is 48.7 Å². The summed E-state index contributed by atoms with van der Waals surface area (Å²) in [4.78, 5) is 4.61. The number of rotatable bonds is 7. The average molecular weight is 510 g/mol. The van der Waals surface area contributed by atoms with Crippen molar-refractivity contribution < 1.29 is 18.8 Å². The zero-order valence-corrected chi connectivity index (χ0v) is 20.5. The fraction of sp³-hybridized carbons (Fsp3) is 0.269. The van der Waals surface area contributed by atoms with Crippen LogP contribution in [0.15, 0.2) is 63.8 Å². The third-order valence-corrected chi connectivity index (χ3v) is 8.16. The summed E-state index contributed by atoms with van der Waals surface area (Å²) in [6.07, 6.45) is -0.591. The first kappa shape index (κ1) is 22.5. The molecule has 2 aromatic carbocycles. The summed E-state index contributed by atoms with van der Waals surface area (Å²) in [5.41, 5.74) is 3.69. The summed E-state index contributed by atoms with van der Waals surface area (Å²) in [5.74, 6) is 0.497. The fourth-order valence-corrected chi connectivity index (χ4v) is 6.35. The SMILES string of the molecule is O[C@@H](COc1cccc(-c2noc3ccsc23)c1)CN1CCN(c2csc3cc(F)ccc23)CC1. The molecule has 4 heterocycles. The Morgan fingerprint density at radius 2 is 1.97 bits per heavy atom. The van der Waals surface area contributed by atoms with E-state index in [0.29, 0.717) is 12.3 Å². The highest BCUT2D eigenvalue weighted by Crippen LogP contribution is 2.35. The maximum atomic E-state index is 13.5. The number of piperazine rings is 1. The van der Waals surface area contributed by atoms with Gasteiger partial charge in [0.25, 0.3) is 0 Å². The standard InChI is InChI=1S/C26H24FN3O3S2/c27-18-4-5-21-22(16-35-24(21)13-18)30-9-7-29(8-10-30)14-19(31)15-32-20-3-1-2-17(12-20)25-26-23(33-28-25)6-11-34-26/h1-6,11-13,16,19,31H,7-10,14-15H2/t19-/m1/s1. The summed E-state index contributed by atoms with van der Waals surface area (Å²) in [5, 5.41) is 20.0. The monoisotopic (exact) mass is 509 g/mol. The van der Waals surface area contributed by atoms with Crippen LogP contribution in [0.3, 0.4) is 0 Å². The normalized spacial score (nSPS) is 15.8. The second kappa shape index (κ2) is 9.58. The number of benzene rings is 2. The minimum absolute atomic E-state index is 0.198. The molecule has 9 heteroatoms. The number of hydrogen-bond acceptors (Lipinski definition) is 8. The van der Waals surface area contributed by atoms with Crippen LogP contribution in [0.25, 0.3) is 31.6 Å². The maximum Gasteiger partial charge on any atom is 0.178 e. The molecule has 0 aliphatic carbocycles. The smallest absolute Gasteiger partial charge is 0.178 e. The lowest BCUT2D eigenvalue weighted by molar-refractivity contribution is 0.0663. The third kappa shape index (κ3) is 4.64. The number of halogens is 1. The third-order valence-electron chi connectivity index (χ3n) is 6.33. The second-order valence-electron chi connectivity index (χ2n) is 8.69. The predicted molar refractivity (Wildman–Crippen MR) is 139 cm³/mol. The Hall–Kier alpha value is -2.98. The van der Waals surface area contributed by atoms with Crippen molar-refractivity contribution in [3.05, 3.63) is 65.1 Å². The molecular formula is C26H24FN3O3S2. The number of thiophene rings is 2. The van der Waals surface area contributed by atoms with Crippen molar-refractivity contribution in [1.82, 2.24) is 10.1 Å². The Morgan fingerprint density at radius 1 is 1.09 bits per heavy atom. The van der Waals surface area contributed by atoms with Crippen molar-refractivity contribution in [3.63, 3.8) is 0 Å². The van der Waals surface area contributed by atoms with Crippen LogP contribution in [0.1, 0.15) is 0 Å². The minimum Gasteiger partial charge on any atom is -0.491 e. The highest BCUT2D eigenvalue weighted by molar-refractivity contribution is 7.18. The van der Waals surface area contributed by atoms with E-state index < -0.39 is 6.10 Å². The lowest BCUT2D eigenvalue weighted by atomic mass is 10.1.